The SMILES string of the molecule is COc1ccc(NC(=O)C(=O)NC(=O)c2ccc(N)cc2)cc1Cl. The molecule has 0 aromatic heterocycles. The lowest BCUT2D eigenvalue weighted by Gasteiger charge is -2.08. The molecule has 2 aromatic carbocycles. The minimum absolute atomic E-state index is 0.206. The molecule has 0 atom stereocenters. The van der Waals surface area contributed by atoms with Crippen LogP contribution in [0.1, 0.15) is 10.4 Å². The van der Waals surface area contributed by atoms with E-state index in [1.54, 1.807) is 0 Å². The molecule has 0 bridgehead atoms. The first-order chi connectivity index (χ1) is 11.4. The second kappa shape index (κ2) is 7.47. The number of nitrogen functional groups attached to an aromatic ring is 1. The van der Waals surface area contributed by atoms with Crippen LogP contribution in [0.25, 0.3) is 0 Å². The number of carbonyl (C=O) groups excluding carboxylic acids is 3. The number of ether oxygens (including phenoxy) is 1. The van der Waals surface area contributed by atoms with Gasteiger partial charge in [-0.25, -0.2) is 0 Å². The van der Waals surface area contributed by atoms with Gasteiger partial charge in [-0.3, -0.25) is 19.7 Å². The Morgan fingerprint density at radius 3 is 2.29 bits per heavy atom. The smallest absolute Gasteiger partial charge is 0.316 e. The number of benzene rings is 2. The van der Waals surface area contributed by atoms with Gasteiger partial charge in [0.05, 0.1) is 12.1 Å². The van der Waals surface area contributed by atoms with E-state index in [0.29, 0.717) is 17.1 Å². The van der Waals surface area contributed by atoms with Gasteiger partial charge in [0, 0.05) is 16.9 Å². The Hall–Kier alpha value is -3.06. The molecule has 7 nitrogen and oxygen atoms in total. The van der Waals surface area contributed by atoms with Gasteiger partial charge < -0.3 is 15.8 Å². The average Bonchev–Trinajstić information content (AvgIpc) is 2.55. The molecule has 0 aliphatic heterocycles. The molecule has 0 aliphatic carbocycles. The molecule has 8 heteroatoms. The molecule has 124 valence electrons. The van der Waals surface area contributed by atoms with Gasteiger partial charge in [-0.2, -0.15) is 0 Å². The maximum atomic E-state index is 11.9. The zero-order valence-corrected chi connectivity index (χ0v) is 13.4. The van der Waals surface area contributed by atoms with Crippen molar-refractivity contribution in [3.63, 3.8) is 0 Å². The summed E-state index contributed by atoms with van der Waals surface area (Å²) >= 11 is 5.93. The largest absolute Gasteiger partial charge is 0.495 e. The topological polar surface area (TPSA) is 111 Å². The Kier molecular flexibility index (Phi) is 5.39. The lowest BCUT2D eigenvalue weighted by molar-refractivity contribution is -0.135. The minimum Gasteiger partial charge on any atom is -0.495 e. The fourth-order valence-corrected chi connectivity index (χ4v) is 2.06. The molecule has 0 saturated carbocycles. The van der Waals surface area contributed by atoms with E-state index in [2.05, 4.69) is 5.32 Å². The summed E-state index contributed by atoms with van der Waals surface area (Å²) in [4.78, 5) is 35.5. The molecule has 0 unspecified atom stereocenters. The van der Waals surface area contributed by atoms with Crippen LogP contribution < -0.4 is 21.1 Å². The predicted octanol–water partition coefficient (Wildman–Crippen LogP) is 1.83. The molecule has 0 spiro atoms. The van der Waals surface area contributed by atoms with Crippen LogP contribution in [0.3, 0.4) is 0 Å². The summed E-state index contributed by atoms with van der Waals surface area (Å²) in [6.07, 6.45) is 0. The Bertz CT molecular complexity index is 790. The van der Waals surface area contributed by atoms with Crippen LogP contribution in [0.5, 0.6) is 5.75 Å². The number of anilines is 2. The second-order valence-corrected chi connectivity index (χ2v) is 5.12. The molecular weight excluding hydrogens is 334 g/mol. The predicted molar refractivity (Wildman–Crippen MR) is 90.0 cm³/mol. The molecule has 2 rings (SSSR count). The zero-order chi connectivity index (χ0) is 17.7. The third-order valence-electron chi connectivity index (χ3n) is 3.02. The van der Waals surface area contributed by atoms with Crippen LogP contribution in [0.15, 0.2) is 42.5 Å². The molecule has 0 fully saturated rings. The number of carbonyl (C=O) groups is 3. The summed E-state index contributed by atoms with van der Waals surface area (Å²) in [6, 6.07) is 10.4. The number of hydrogen-bond donors (Lipinski definition) is 3. The van der Waals surface area contributed by atoms with Crippen molar-refractivity contribution < 1.29 is 19.1 Å². The second-order valence-electron chi connectivity index (χ2n) is 4.71. The molecule has 0 aliphatic rings. The van der Waals surface area contributed by atoms with Gasteiger partial charge in [-0.15, -0.1) is 0 Å². The fourth-order valence-electron chi connectivity index (χ4n) is 1.80. The highest BCUT2D eigenvalue weighted by Crippen LogP contribution is 2.27. The number of nitrogens with two attached hydrogens (primary N) is 1. The Balaban J connectivity index is 1.99. The van der Waals surface area contributed by atoms with Crippen LogP contribution in [0.2, 0.25) is 5.02 Å². The lowest BCUT2D eigenvalue weighted by Crippen LogP contribution is -2.39. The number of halogens is 1. The van der Waals surface area contributed by atoms with Crippen molar-refractivity contribution in [2.24, 2.45) is 0 Å². The van der Waals surface area contributed by atoms with E-state index < -0.39 is 17.7 Å². The van der Waals surface area contributed by atoms with Gasteiger partial charge in [-0.05, 0) is 42.5 Å². The highest BCUT2D eigenvalue weighted by atomic mass is 35.5. The van der Waals surface area contributed by atoms with Gasteiger partial charge in [0.25, 0.3) is 5.91 Å². The highest BCUT2D eigenvalue weighted by Gasteiger charge is 2.18. The molecule has 4 N–H and O–H groups in total. The maximum Gasteiger partial charge on any atom is 0.316 e. The van der Waals surface area contributed by atoms with Crippen molar-refractivity contribution in [1.29, 1.82) is 0 Å². The molecule has 24 heavy (non-hydrogen) atoms. The summed E-state index contributed by atoms with van der Waals surface area (Å²) in [5, 5.41) is 4.59. The molecule has 0 radical (unpaired) electrons. The summed E-state index contributed by atoms with van der Waals surface area (Å²) in [5.74, 6) is -2.37. The number of methoxy groups -OCH3 is 1. The third-order valence-corrected chi connectivity index (χ3v) is 3.31. The van der Waals surface area contributed by atoms with Gasteiger partial charge >= 0.3 is 11.8 Å². The number of amides is 3. The summed E-state index contributed by atoms with van der Waals surface area (Å²) in [7, 11) is 1.45. The van der Waals surface area contributed by atoms with Crippen molar-refractivity contribution in [3.05, 3.63) is 53.1 Å². The van der Waals surface area contributed by atoms with Crippen LogP contribution in [-0.2, 0) is 9.59 Å². The lowest BCUT2D eigenvalue weighted by atomic mass is 10.2. The molecular formula is C16H14ClN3O4. The summed E-state index contributed by atoms with van der Waals surface area (Å²) in [6.45, 7) is 0. The van der Waals surface area contributed by atoms with Gasteiger partial charge in [0.1, 0.15) is 5.75 Å². The monoisotopic (exact) mass is 347 g/mol. The number of imide groups is 1. The van der Waals surface area contributed by atoms with Gasteiger partial charge in [-0.1, -0.05) is 11.6 Å². The Labute approximate surface area is 142 Å². The van der Waals surface area contributed by atoms with Gasteiger partial charge in [0.2, 0.25) is 0 Å². The Morgan fingerprint density at radius 2 is 1.71 bits per heavy atom. The van der Waals surface area contributed by atoms with E-state index in [4.69, 9.17) is 22.1 Å². The maximum absolute atomic E-state index is 11.9. The van der Waals surface area contributed by atoms with E-state index >= 15 is 0 Å². The summed E-state index contributed by atoms with van der Waals surface area (Å²) in [5.41, 5.74) is 6.49. The number of rotatable bonds is 3. The van der Waals surface area contributed by atoms with Crippen molar-refractivity contribution in [1.82, 2.24) is 5.32 Å². The van der Waals surface area contributed by atoms with Crippen LogP contribution in [0.4, 0.5) is 11.4 Å². The van der Waals surface area contributed by atoms with E-state index in [-0.39, 0.29) is 10.6 Å². The number of hydrogen-bond acceptors (Lipinski definition) is 5. The molecule has 0 saturated heterocycles. The zero-order valence-electron chi connectivity index (χ0n) is 12.6. The first-order valence-electron chi connectivity index (χ1n) is 6.76. The summed E-state index contributed by atoms with van der Waals surface area (Å²) < 4.78 is 4.98. The fraction of sp³-hybridized carbons (Fsp3) is 0.0625. The number of nitrogens with one attached hydrogen (secondary N) is 2. The van der Waals surface area contributed by atoms with Crippen molar-refractivity contribution in [2.45, 2.75) is 0 Å². The van der Waals surface area contributed by atoms with Crippen LogP contribution in [-0.4, -0.2) is 24.8 Å². The van der Waals surface area contributed by atoms with Crippen molar-refractivity contribution in [3.8, 4) is 5.75 Å². The standard InChI is InChI=1S/C16H14ClN3O4/c1-24-13-7-6-11(8-12(13)17)19-15(22)16(23)20-14(21)9-2-4-10(18)5-3-9/h2-8H,18H2,1H3,(H,19,22)(H,20,21,23). The quantitative estimate of drug-likeness (QED) is 0.579. The van der Waals surface area contributed by atoms with Gasteiger partial charge in [0.15, 0.2) is 0 Å². The molecule has 0 heterocycles. The third kappa shape index (κ3) is 4.23. The normalized spacial score (nSPS) is 9.92. The highest BCUT2D eigenvalue weighted by molar-refractivity contribution is 6.42. The first kappa shape index (κ1) is 17.3. The Morgan fingerprint density at radius 1 is 1.04 bits per heavy atom. The van der Waals surface area contributed by atoms with Crippen LogP contribution in [0, 0.1) is 0 Å². The van der Waals surface area contributed by atoms with Crippen molar-refractivity contribution in [2.75, 3.05) is 18.2 Å². The minimum atomic E-state index is -1.09. The van der Waals surface area contributed by atoms with E-state index in [1.165, 1.54) is 49.6 Å². The van der Waals surface area contributed by atoms with Crippen LogP contribution >= 0.6 is 11.6 Å². The molecule has 3 amide bonds. The van der Waals surface area contributed by atoms with E-state index in [0.717, 1.165) is 0 Å². The average molecular weight is 348 g/mol. The van der Waals surface area contributed by atoms with Crippen molar-refractivity contribution >= 4 is 40.7 Å². The van der Waals surface area contributed by atoms with E-state index in [9.17, 15) is 14.4 Å². The first-order valence-corrected chi connectivity index (χ1v) is 7.14. The van der Waals surface area contributed by atoms with E-state index in [1.807, 2.05) is 5.32 Å². The molecule has 2 aromatic rings.